The Balaban J connectivity index is 2.04. The van der Waals surface area contributed by atoms with Crippen molar-refractivity contribution in [3.05, 3.63) is 48.0 Å². The standard InChI is InChI=1S/C20H24N4O7S/c1-14-11-16(29-10-6-9-23-24(20(21)22)30-15(2)25)13-17(12-14)31-32(26,27)19-8-5-4-7-18(19)28-3/h4-5,7-9,11-13H,6,10H2,1-3H3,(H3,21,22). The maximum Gasteiger partial charge on any atom is 0.342 e. The number of hydrogen-bond donors (Lipinski definition) is 2. The van der Waals surface area contributed by atoms with Crippen molar-refractivity contribution < 1.29 is 31.7 Å². The van der Waals surface area contributed by atoms with Crippen molar-refractivity contribution in [2.45, 2.75) is 25.2 Å². The third-order valence-electron chi connectivity index (χ3n) is 3.69. The summed E-state index contributed by atoms with van der Waals surface area (Å²) in [6, 6.07) is 10.9. The van der Waals surface area contributed by atoms with E-state index in [-0.39, 0.29) is 29.4 Å². The molecular formula is C20H24N4O7S. The zero-order chi connectivity index (χ0) is 23.7. The monoisotopic (exact) mass is 464 g/mol. The Bertz CT molecular complexity index is 1100. The number of nitrogens with two attached hydrogens (primary N) is 1. The molecule has 0 aromatic heterocycles. The van der Waals surface area contributed by atoms with Gasteiger partial charge in [0.2, 0.25) is 5.96 Å². The highest BCUT2D eigenvalue weighted by Gasteiger charge is 2.22. The highest BCUT2D eigenvalue weighted by molar-refractivity contribution is 7.87. The lowest BCUT2D eigenvalue weighted by atomic mass is 10.2. The zero-order valence-electron chi connectivity index (χ0n) is 17.8. The first-order chi connectivity index (χ1) is 15.1. The quantitative estimate of drug-likeness (QED) is 0.187. The molecule has 0 radical (unpaired) electrons. The number of ether oxygens (including phenoxy) is 2. The van der Waals surface area contributed by atoms with Crippen molar-refractivity contribution >= 4 is 28.3 Å². The second kappa shape index (κ2) is 11.0. The fourth-order valence-corrected chi connectivity index (χ4v) is 3.54. The second-order valence-corrected chi connectivity index (χ2v) is 7.86. The van der Waals surface area contributed by atoms with Crippen LogP contribution in [0.1, 0.15) is 18.9 Å². The summed E-state index contributed by atoms with van der Waals surface area (Å²) in [5, 5.41) is 11.6. The Morgan fingerprint density at radius 3 is 2.56 bits per heavy atom. The van der Waals surface area contributed by atoms with Crippen LogP contribution in [0.15, 0.2) is 52.5 Å². The lowest BCUT2D eigenvalue weighted by Gasteiger charge is -2.13. The first-order valence-electron chi connectivity index (χ1n) is 9.29. The Morgan fingerprint density at radius 1 is 1.22 bits per heavy atom. The molecule has 0 saturated carbocycles. The number of aryl methyl sites for hydroxylation is 1. The number of guanidine groups is 1. The van der Waals surface area contributed by atoms with Gasteiger partial charge < -0.3 is 24.2 Å². The highest BCUT2D eigenvalue weighted by atomic mass is 32.2. The van der Waals surface area contributed by atoms with E-state index in [0.717, 1.165) is 12.5 Å². The molecule has 0 aliphatic rings. The summed E-state index contributed by atoms with van der Waals surface area (Å²) in [7, 11) is -2.75. The molecule has 0 saturated heterocycles. The predicted octanol–water partition coefficient (Wildman–Crippen LogP) is 2.20. The molecule has 12 heteroatoms. The summed E-state index contributed by atoms with van der Waals surface area (Å²) >= 11 is 0. The average Bonchev–Trinajstić information content (AvgIpc) is 2.71. The molecule has 0 spiro atoms. The molecule has 0 fully saturated rings. The second-order valence-electron chi connectivity index (χ2n) is 6.35. The van der Waals surface area contributed by atoms with Crippen molar-refractivity contribution in [3.63, 3.8) is 0 Å². The molecule has 0 heterocycles. The Morgan fingerprint density at radius 2 is 1.91 bits per heavy atom. The van der Waals surface area contributed by atoms with Gasteiger partial charge in [-0.05, 0) is 36.8 Å². The minimum absolute atomic E-state index is 0.0807. The molecule has 172 valence electrons. The van der Waals surface area contributed by atoms with Gasteiger partial charge in [-0.15, -0.1) is 5.10 Å². The van der Waals surface area contributed by atoms with Crippen molar-refractivity contribution in [1.29, 1.82) is 5.41 Å². The smallest absolute Gasteiger partial charge is 0.342 e. The summed E-state index contributed by atoms with van der Waals surface area (Å²) in [4.78, 5) is 15.5. The number of nitrogens with one attached hydrogen (secondary N) is 1. The van der Waals surface area contributed by atoms with E-state index in [0.29, 0.717) is 10.9 Å². The molecule has 0 bridgehead atoms. The van der Waals surface area contributed by atoms with Gasteiger partial charge >= 0.3 is 16.1 Å². The predicted molar refractivity (Wildman–Crippen MR) is 116 cm³/mol. The van der Waals surface area contributed by atoms with Crippen LogP contribution in [0.5, 0.6) is 17.2 Å². The highest BCUT2D eigenvalue weighted by Crippen LogP contribution is 2.29. The Labute approximate surface area is 185 Å². The number of benzene rings is 2. The van der Waals surface area contributed by atoms with E-state index in [4.69, 9.17) is 24.8 Å². The Kier molecular flexibility index (Phi) is 8.41. The van der Waals surface area contributed by atoms with Crippen molar-refractivity contribution in [1.82, 2.24) is 5.17 Å². The van der Waals surface area contributed by atoms with E-state index in [1.165, 1.54) is 31.5 Å². The third kappa shape index (κ3) is 7.16. The Hall–Kier alpha value is -3.80. The zero-order valence-corrected chi connectivity index (χ0v) is 18.6. The number of hydroxylamine groups is 1. The number of hydrogen-bond acceptors (Lipinski definition) is 9. The third-order valence-corrected chi connectivity index (χ3v) is 4.98. The summed E-state index contributed by atoms with van der Waals surface area (Å²) in [6.07, 6.45) is 1.64. The molecule has 2 aromatic carbocycles. The molecule has 11 nitrogen and oxygen atoms in total. The molecule has 0 atom stereocenters. The van der Waals surface area contributed by atoms with Crippen LogP contribution in [0, 0.1) is 12.3 Å². The summed E-state index contributed by atoms with van der Waals surface area (Å²) < 4.78 is 41.3. The van der Waals surface area contributed by atoms with Gasteiger partial charge in [0.05, 0.1) is 13.7 Å². The molecule has 3 N–H and O–H groups in total. The van der Waals surface area contributed by atoms with Crippen LogP contribution in [-0.4, -0.2) is 45.5 Å². The van der Waals surface area contributed by atoms with Gasteiger partial charge in [0.1, 0.15) is 22.1 Å². The first-order valence-corrected chi connectivity index (χ1v) is 10.7. The summed E-state index contributed by atoms with van der Waals surface area (Å²) in [6.45, 7) is 3.08. The van der Waals surface area contributed by atoms with E-state index in [1.54, 1.807) is 31.2 Å². The van der Waals surface area contributed by atoms with Crippen molar-refractivity contribution in [3.8, 4) is 17.2 Å². The summed E-state index contributed by atoms with van der Waals surface area (Å²) in [5.74, 6) is -0.605. The fourth-order valence-electron chi connectivity index (χ4n) is 2.46. The van der Waals surface area contributed by atoms with Crippen LogP contribution in [0.3, 0.4) is 0 Å². The molecule has 0 amide bonds. The lowest BCUT2D eigenvalue weighted by molar-refractivity contribution is -0.170. The van der Waals surface area contributed by atoms with Gasteiger partial charge in [0.25, 0.3) is 0 Å². The normalized spacial score (nSPS) is 11.1. The van der Waals surface area contributed by atoms with Crippen LogP contribution in [0.4, 0.5) is 0 Å². The van der Waals surface area contributed by atoms with E-state index < -0.39 is 22.0 Å². The number of carbonyl (C=O) groups excluding carboxylic acids is 1. The molecule has 2 aromatic rings. The minimum Gasteiger partial charge on any atom is -0.495 e. The number of rotatable bonds is 9. The molecule has 2 rings (SSSR count). The first kappa shape index (κ1) is 24.5. The van der Waals surface area contributed by atoms with Gasteiger partial charge in [0, 0.05) is 25.6 Å². The number of nitrogens with zero attached hydrogens (tertiary/aromatic N) is 2. The number of hydrazone groups is 1. The average molecular weight is 465 g/mol. The molecule has 0 aliphatic heterocycles. The van der Waals surface area contributed by atoms with E-state index in [2.05, 4.69) is 9.94 Å². The molecule has 0 aliphatic carbocycles. The number of carbonyl (C=O) groups is 1. The minimum atomic E-state index is -4.13. The fraction of sp³-hybridized carbons (Fsp3) is 0.250. The van der Waals surface area contributed by atoms with Crippen molar-refractivity contribution in [2.75, 3.05) is 13.7 Å². The summed E-state index contributed by atoms with van der Waals surface area (Å²) in [5.41, 5.74) is 5.97. The van der Waals surface area contributed by atoms with Gasteiger partial charge in [0.15, 0.2) is 0 Å². The van der Waals surface area contributed by atoms with Gasteiger partial charge in [-0.25, -0.2) is 4.79 Å². The van der Waals surface area contributed by atoms with E-state index in [9.17, 15) is 13.2 Å². The SMILES string of the molecule is COc1ccccc1S(=O)(=O)Oc1cc(C)cc(OCCC=NN(OC(C)=O)C(=N)N)c1. The van der Waals surface area contributed by atoms with Gasteiger partial charge in [-0.3, -0.25) is 5.41 Å². The van der Waals surface area contributed by atoms with Gasteiger partial charge in [-0.1, -0.05) is 17.3 Å². The molecule has 32 heavy (non-hydrogen) atoms. The molecule has 0 unspecified atom stereocenters. The van der Waals surface area contributed by atoms with Crippen LogP contribution < -0.4 is 19.4 Å². The number of methoxy groups -OCH3 is 1. The largest absolute Gasteiger partial charge is 0.495 e. The lowest BCUT2D eigenvalue weighted by Crippen LogP contribution is -2.33. The van der Waals surface area contributed by atoms with E-state index >= 15 is 0 Å². The number of para-hydroxylation sites is 1. The van der Waals surface area contributed by atoms with Crippen LogP contribution in [0.25, 0.3) is 0 Å². The van der Waals surface area contributed by atoms with E-state index in [1.807, 2.05) is 0 Å². The van der Waals surface area contributed by atoms with Crippen LogP contribution in [-0.2, 0) is 19.8 Å². The van der Waals surface area contributed by atoms with Gasteiger partial charge in [-0.2, -0.15) is 8.42 Å². The van der Waals surface area contributed by atoms with Crippen LogP contribution in [0.2, 0.25) is 0 Å². The van der Waals surface area contributed by atoms with Crippen LogP contribution >= 0.6 is 0 Å². The maximum absolute atomic E-state index is 12.7. The topological polar surface area (TPSA) is 154 Å². The van der Waals surface area contributed by atoms with Crippen molar-refractivity contribution in [2.24, 2.45) is 10.8 Å². The molecular weight excluding hydrogens is 440 g/mol. The maximum atomic E-state index is 12.7.